The zero-order valence-electron chi connectivity index (χ0n) is 13.6. The number of anilines is 2. The number of aromatic nitrogens is 3. The maximum atomic E-state index is 9.19. The van der Waals surface area contributed by atoms with E-state index in [0.29, 0.717) is 30.9 Å². The molecular formula is C14H27N5O2. The van der Waals surface area contributed by atoms with Gasteiger partial charge in [-0.05, 0) is 40.5 Å². The van der Waals surface area contributed by atoms with Crippen molar-refractivity contribution < 1.29 is 9.84 Å². The second-order valence-corrected chi connectivity index (χ2v) is 5.47. The lowest BCUT2D eigenvalue weighted by Crippen LogP contribution is -2.36. The zero-order chi connectivity index (χ0) is 15.9. The van der Waals surface area contributed by atoms with Crippen LogP contribution in [-0.4, -0.2) is 44.9 Å². The van der Waals surface area contributed by atoms with Crippen LogP contribution in [0.25, 0.3) is 0 Å². The van der Waals surface area contributed by atoms with E-state index >= 15 is 0 Å². The minimum atomic E-state index is -0.269. The fourth-order valence-electron chi connectivity index (χ4n) is 1.76. The van der Waals surface area contributed by atoms with Crippen molar-refractivity contribution in [2.75, 3.05) is 23.8 Å². The Balaban J connectivity index is 3.00. The number of aliphatic hydroxyl groups excluding tert-OH is 1. The van der Waals surface area contributed by atoms with Gasteiger partial charge < -0.3 is 20.5 Å². The van der Waals surface area contributed by atoms with Crippen LogP contribution < -0.4 is 15.4 Å². The summed E-state index contributed by atoms with van der Waals surface area (Å²) in [6.45, 7) is 10.7. The minimum Gasteiger partial charge on any atom is -0.461 e. The van der Waals surface area contributed by atoms with E-state index in [1.807, 2.05) is 27.7 Å². The Bertz CT molecular complexity index is 441. The van der Waals surface area contributed by atoms with Crippen LogP contribution in [0.3, 0.4) is 0 Å². The Morgan fingerprint density at radius 2 is 1.86 bits per heavy atom. The molecule has 7 nitrogen and oxygen atoms in total. The van der Waals surface area contributed by atoms with Gasteiger partial charge in [0.05, 0.1) is 6.10 Å². The highest BCUT2D eigenvalue weighted by molar-refractivity contribution is 5.37. The van der Waals surface area contributed by atoms with Crippen LogP contribution in [0, 0.1) is 0 Å². The van der Waals surface area contributed by atoms with Crippen molar-refractivity contribution in [1.82, 2.24) is 15.0 Å². The van der Waals surface area contributed by atoms with Gasteiger partial charge in [0.15, 0.2) is 0 Å². The van der Waals surface area contributed by atoms with Gasteiger partial charge in [-0.15, -0.1) is 0 Å². The maximum Gasteiger partial charge on any atom is 0.323 e. The molecule has 1 aromatic heterocycles. The van der Waals surface area contributed by atoms with Crippen LogP contribution in [0.1, 0.15) is 47.5 Å². The Labute approximate surface area is 126 Å². The molecule has 1 atom stereocenters. The van der Waals surface area contributed by atoms with E-state index in [1.165, 1.54) is 0 Å². The predicted octanol–water partition coefficient (Wildman–Crippen LogP) is 2.05. The van der Waals surface area contributed by atoms with Crippen LogP contribution in [0.2, 0.25) is 0 Å². The van der Waals surface area contributed by atoms with E-state index in [-0.39, 0.29) is 18.2 Å². The third-order valence-corrected chi connectivity index (χ3v) is 3.15. The molecule has 0 fully saturated rings. The highest BCUT2D eigenvalue weighted by Crippen LogP contribution is 2.21. The Hall–Kier alpha value is -1.63. The Morgan fingerprint density at radius 3 is 2.38 bits per heavy atom. The molecular weight excluding hydrogens is 270 g/mol. The SMILES string of the molecule is CCNc1nc(NC(C)(CC)CCO)nc(OC(C)C)n1. The summed E-state index contributed by atoms with van der Waals surface area (Å²) >= 11 is 0. The van der Waals surface area contributed by atoms with E-state index in [9.17, 15) is 5.11 Å². The van der Waals surface area contributed by atoms with Gasteiger partial charge in [-0.2, -0.15) is 15.0 Å². The van der Waals surface area contributed by atoms with E-state index in [0.717, 1.165) is 6.42 Å². The summed E-state index contributed by atoms with van der Waals surface area (Å²) in [5.74, 6) is 0.933. The molecule has 0 aromatic carbocycles. The van der Waals surface area contributed by atoms with Gasteiger partial charge in [-0.25, -0.2) is 0 Å². The molecule has 1 rings (SSSR count). The smallest absolute Gasteiger partial charge is 0.323 e. The molecule has 120 valence electrons. The Kier molecular flexibility index (Phi) is 6.61. The van der Waals surface area contributed by atoms with Crippen molar-refractivity contribution >= 4 is 11.9 Å². The number of hydrogen-bond donors (Lipinski definition) is 3. The fourth-order valence-corrected chi connectivity index (χ4v) is 1.76. The van der Waals surface area contributed by atoms with E-state index in [4.69, 9.17) is 4.74 Å². The fraction of sp³-hybridized carbons (Fsp3) is 0.786. The first-order chi connectivity index (χ1) is 9.92. The van der Waals surface area contributed by atoms with Crippen molar-refractivity contribution in [3.8, 4) is 6.01 Å². The highest BCUT2D eigenvalue weighted by Gasteiger charge is 2.23. The molecule has 7 heteroatoms. The maximum absolute atomic E-state index is 9.19. The van der Waals surface area contributed by atoms with Gasteiger partial charge >= 0.3 is 6.01 Å². The second kappa shape index (κ2) is 7.97. The topological polar surface area (TPSA) is 92.2 Å². The van der Waals surface area contributed by atoms with Crippen LogP contribution in [-0.2, 0) is 0 Å². The lowest BCUT2D eigenvalue weighted by Gasteiger charge is -2.29. The molecule has 0 aliphatic rings. The van der Waals surface area contributed by atoms with Crippen LogP contribution in [0.5, 0.6) is 6.01 Å². The number of nitrogens with one attached hydrogen (secondary N) is 2. The summed E-state index contributed by atoms with van der Waals surface area (Å²) in [7, 11) is 0. The molecule has 0 aliphatic heterocycles. The summed E-state index contributed by atoms with van der Waals surface area (Å²) in [5, 5.41) is 15.5. The molecule has 0 saturated heterocycles. The molecule has 0 aliphatic carbocycles. The molecule has 1 heterocycles. The van der Waals surface area contributed by atoms with Crippen molar-refractivity contribution in [1.29, 1.82) is 0 Å². The molecule has 3 N–H and O–H groups in total. The summed E-state index contributed by atoms with van der Waals surface area (Å²) in [6.07, 6.45) is 1.45. The lowest BCUT2D eigenvalue weighted by molar-refractivity contribution is 0.222. The largest absolute Gasteiger partial charge is 0.461 e. The van der Waals surface area contributed by atoms with Gasteiger partial charge in [0.25, 0.3) is 0 Å². The first-order valence-electron chi connectivity index (χ1n) is 7.48. The second-order valence-electron chi connectivity index (χ2n) is 5.47. The molecule has 1 unspecified atom stereocenters. The van der Waals surface area contributed by atoms with Gasteiger partial charge in [0.1, 0.15) is 0 Å². The summed E-state index contributed by atoms with van der Waals surface area (Å²) in [4.78, 5) is 12.9. The normalized spacial score (nSPS) is 13.9. The average Bonchev–Trinajstić information content (AvgIpc) is 2.38. The average molecular weight is 297 g/mol. The number of ether oxygens (including phenoxy) is 1. The molecule has 0 amide bonds. The van der Waals surface area contributed by atoms with Gasteiger partial charge in [0, 0.05) is 18.7 Å². The van der Waals surface area contributed by atoms with Crippen molar-refractivity contribution in [3.63, 3.8) is 0 Å². The highest BCUT2D eigenvalue weighted by atomic mass is 16.5. The monoisotopic (exact) mass is 297 g/mol. The van der Waals surface area contributed by atoms with Crippen LogP contribution >= 0.6 is 0 Å². The first kappa shape index (κ1) is 17.4. The third-order valence-electron chi connectivity index (χ3n) is 3.15. The Morgan fingerprint density at radius 1 is 1.19 bits per heavy atom. The van der Waals surface area contributed by atoms with Crippen LogP contribution in [0.4, 0.5) is 11.9 Å². The number of hydrogen-bond acceptors (Lipinski definition) is 7. The van der Waals surface area contributed by atoms with E-state index in [2.05, 4.69) is 32.5 Å². The van der Waals surface area contributed by atoms with Gasteiger partial charge in [0.2, 0.25) is 11.9 Å². The molecule has 0 saturated carbocycles. The lowest BCUT2D eigenvalue weighted by atomic mass is 9.95. The number of nitrogens with zero attached hydrogens (tertiary/aromatic N) is 3. The molecule has 0 bridgehead atoms. The van der Waals surface area contributed by atoms with Crippen molar-refractivity contribution in [2.24, 2.45) is 0 Å². The summed E-state index contributed by atoms with van der Waals surface area (Å²) in [5.41, 5.74) is -0.269. The molecule has 21 heavy (non-hydrogen) atoms. The third kappa shape index (κ3) is 5.71. The standard InChI is InChI=1S/C14H27N5O2/c1-6-14(5,8-9-20)19-12-16-11(15-7-2)17-13(18-12)21-10(3)4/h10,20H,6-9H2,1-5H3,(H2,15,16,17,18,19). The molecule has 1 aromatic rings. The zero-order valence-corrected chi connectivity index (χ0v) is 13.6. The van der Waals surface area contributed by atoms with Gasteiger partial charge in [-0.3, -0.25) is 0 Å². The van der Waals surface area contributed by atoms with E-state index in [1.54, 1.807) is 0 Å². The summed E-state index contributed by atoms with van der Waals surface area (Å²) < 4.78 is 5.56. The predicted molar refractivity (Wildman–Crippen MR) is 83.8 cm³/mol. The summed E-state index contributed by atoms with van der Waals surface area (Å²) in [6, 6.07) is 0.293. The van der Waals surface area contributed by atoms with Gasteiger partial charge in [-0.1, -0.05) is 6.92 Å². The van der Waals surface area contributed by atoms with E-state index < -0.39 is 0 Å². The molecule has 0 radical (unpaired) electrons. The van der Waals surface area contributed by atoms with Crippen molar-refractivity contribution in [2.45, 2.75) is 59.1 Å². The number of rotatable bonds is 9. The minimum absolute atomic E-state index is 0.00951. The first-order valence-corrected chi connectivity index (χ1v) is 7.48. The van der Waals surface area contributed by atoms with Crippen LogP contribution in [0.15, 0.2) is 0 Å². The molecule has 0 spiro atoms. The van der Waals surface area contributed by atoms with Crippen molar-refractivity contribution in [3.05, 3.63) is 0 Å². The number of aliphatic hydroxyl groups is 1. The quantitative estimate of drug-likeness (QED) is 0.642.